The zero-order valence-electron chi connectivity index (χ0n) is 12.6. The predicted molar refractivity (Wildman–Crippen MR) is 82.1 cm³/mol. The Morgan fingerprint density at radius 1 is 1.10 bits per heavy atom. The van der Waals surface area contributed by atoms with Crippen LogP contribution in [0.4, 0.5) is 0 Å². The molecular weight excluding hydrogens is 246 g/mol. The Morgan fingerprint density at radius 3 is 2.25 bits per heavy atom. The summed E-state index contributed by atoms with van der Waals surface area (Å²) < 4.78 is 0. The first-order valence-electron chi connectivity index (χ1n) is 8.03. The number of fused-ring (bicyclic) bond motifs is 2. The van der Waals surface area contributed by atoms with Crippen LogP contribution < -0.4 is 5.32 Å². The molecule has 2 bridgehead atoms. The molecule has 2 atom stereocenters. The van der Waals surface area contributed by atoms with Crippen molar-refractivity contribution in [1.82, 2.24) is 5.32 Å². The van der Waals surface area contributed by atoms with E-state index in [0.717, 1.165) is 18.4 Å². The fraction of sp³-hybridized carbons (Fsp3) is 0.611. The van der Waals surface area contributed by atoms with Gasteiger partial charge in [0.1, 0.15) is 0 Å². The van der Waals surface area contributed by atoms with Gasteiger partial charge in [0.25, 0.3) is 0 Å². The summed E-state index contributed by atoms with van der Waals surface area (Å²) in [6.45, 7) is 4.37. The molecule has 2 unspecified atom stereocenters. The standard InChI is InChI=1S/C18H25NO/c1-12(2)13-6-8-14(9-7-13)18(20)15-10-16-4-3-5-17(11-15)19-16/h6-9,12,15-17,19H,3-5,10-11H2,1-2H3. The Balaban J connectivity index is 1.72. The number of benzene rings is 1. The first-order valence-corrected chi connectivity index (χ1v) is 8.03. The van der Waals surface area contributed by atoms with Crippen LogP contribution >= 0.6 is 0 Å². The molecule has 20 heavy (non-hydrogen) atoms. The minimum absolute atomic E-state index is 0.233. The van der Waals surface area contributed by atoms with Crippen LogP contribution in [0.25, 0.3) is 0 Å². The topological polar surface area (TPSA) is 29.1 Å². The lowest BCUT2D eigenvalue weighted by Crippen LogP contribution is -2.50. The van der Waals surface area contributed by atoms with Crippen molar-refractivity contribution < 1.29 is 4.79 Å². The number of Topliss-reactive ketones (excluding diaryl/α,β-unsaturated/α-hetero) is 1. The van der Waals surface area contributed by atoms with Crippen molar-refractivity contribution in [3.8, 4) is 0 Å². The lowest BCUT2D eigenvalue weighted by molar-refractivity contribution is 0.0825. The number of rotatable bonds is 3. The molecule has 2 heteroatoms. The monoisotopic (exact) mass is 271 g/mol. The fourth-order valence-corrected chi connectivity index (χ4v) is 3.75. The molecule has 0 spiro atoms. The van der Waals surface area contributed by atoms with Crippen molar-refractivity contribution in [3.05, 3.63) is 35.4 Å². The Labute approximate surface area is 122 Å². The summed E-state index contributed by atoms with van der Waals surface area (Å²) in [5.41, 5.74) is 2.21. The van der Waals surface area contributed by atoms with Crippen LogP contribution in [0.2, 0.25) is 0 Å². The third-order valence-corrected chi connectivity index (χ3v) is 4.95. The summed E-state index contributed by atoms with van der Waals surface area (Å²) in [6, 6.07) is 9.42. The van der Waals surface area contributed by atoms with Gasteiger partial charge in [-0.3, -0.25) is 4.79 Å². The Bertz CT molecular complexity index is 465. The molecule has 2 nitrogen and oxygen atoms in total. The highest BCUT2D eigenvalue weighted by atomic mass is 16.1. The first-order chi connectivity index (χ1) is 9.63. The zero-order chi connectivity index (χ0) is 14.1. The van der Waals surface area contributed by atoms with Crippen LogP contribution in [0.15, 0.2) is 24.3 Å². The maximum atomic E-state index is 12.7. The third kappa shape index (κ3) is 2.80. The third-order valence-electron chi connectivity index (χ3n) is 4.95. The van der Waals surface area contributed by atoms with E-state index in [1.54, 1.807) is 0 Å². The average Bonchev–Trinajstić information content (AvgIpc) is 2.46. The molecule has 3 rings (SSSR count). The minimum Gasteiger partial charge on any atom is -0.311 e. The highest BCUT2D eigenvalue weighted by Gasteiger charge is 2.34. The second kappa shape index (κ2) is 5.69. The highest BCUT2D eigenvalue weighted by molar-refractivity contribution is 5.98. The van der Waals surface area contributed by atoms with E-state index in [0.29, 0.717) is 23.8 Å². The SMILES string of the molecule is CC(C)c1ccc(C(=O)C2CC3CCCC(C2)N3)cc1. The van der Waals surface area contributed by atoms with Crippen molar-refractivity contribution in [2.75, 3.05) is 0 Å². The number of nitrogens with one attached hydrogen (secondary N) is 1. The number of piperidine rings is 2. The summed E-state index contributed by atoms with van der Waals surface area (Å²) in [4.78, 5) is 12.7. The molecule has 0 aromatic heterocycles. The molecule has 1 aromatic carbocycles. The maximum Gasteiger partial charge on any atom is 0.166 e. The second-order valence-corrected chi connectivity index (χ2v) is 6.80. The van der Waals surface area contributed by atoms with Crippen molar-refractivity contribution in [1.29, 1.82) is 0 Å². The van der Waals surface area contributed by atoms with Gasteiger partial charge in [0.2, 0.25) is 0 Å². The van der Waals surface area contributed by atoms with Crippen molar-refractivity contribution in [2.45, 2.75) is 64.0 Å². The van der Waals surface area contributed by atoms with Gasteiger partial charge in [-0.1, -0.05) is 44.5 Å². The van der Waals surface area contributed by atoms with Gasteiger partial charge < -0.3 is 5.32 Å². The number of ketones is 1. The maximum absolute atomic E-state index is 12.7. The average molecular weight is 271 g/mol. The Morgan fingerprint density at radius 2 is 1.70 bits per heavy atom. The smallest absolute Gasteiger partial charge is 0.166 e. The van der Waals surface area contributed by atoms with Crippen LogP contribution in [0.5, 0.6) is 0 Å². The molecule has 2 fully saturated rings. The van der Waals surface area contributed by atoms with Gasteiger partial charge in [0, 0.05) is 23.6 Å². The molecule has 2 aliphatic rings. The van der Waals surface area contributed by atoms with Gasteiger partial charge in [-0.05, 0) is 37.2 Å². The summed E-state index contributed by atoms with van der Waals surface area (Å²) in [5.74, 6) is 1.12. The van der Waals surface area contributed by atoms with E-state index >= 15 is 0 Å². The minimum atomic E-state index is 0.233. The molecule has 0 aliphatic carbocycles. The van der Waals surface area contributed by atoms with Gasteiger partial charge in [-0.25, -0.2) is 0 Å². The number of hydrogen-bond donors (Lipinski definition) is 1. The van der Waals surface area contributed by atoms with Crippen molar-refractivity contribution >= 4 is 5.78 Å². The molecule has 1 aromatic rings. The predicted octanol–water partition coefficient (Wildman–Crippen LogP) is 3.91. The van der Waals surface area contributed by atoms with Gasteiger partial charge in [-0.2, -0.15) is 0 Å². The van der Waals surface area contributed by atoms with Gasteiger partial charge in [-0.15, -0.1) is 0 Å². The molecule has 0 amide bonds. The normalized spacial score (nSPS) is 29.4. The van der Waals surface area contributed by atoms with Crippen molar-refractivity contribution in [3.63, 3.8) is 0 Å². The Hall–Kier alpha value is -1.15. The van der Waals surface area contributed by atoms with Gasteiger partial charge >= 0.3 is 0 Å². The quantitative estimate of drug-likeness (QED) is 0.844. The lowest BCUT2D eigenvalue weighted by atomic mass is 9.77. The fourth-order valence-electron chi connectivity index (χ4n) is 3.75. The lowest BCUT2D eigenvalue weighted by Gasteiger charge is -2.39. The molecule has 0 radical (unpaired) electrons. The number of hydrogen-bond acceptors (Lipinski definition) is 2. The molecule has 108 valence electrons. The van der Waals surface area contributed by atoms with Crippen LogP contribution in [-0.2, 0) is 0 Å². The molecule has 2 aliphatic heterocycles. The van der Waals surface area contributed by atoms with E-state index in [9.17, 15) is 4.79 Å². The van der Waals surface area contributed by atoms with Crippen LogP contribution in [0.1, 0.15) is 67.8 Å². The van der Waals surface area contributed by atoms with E-state index < -0.39 is 0 Å². The van der Waals surface area contributed by atoms with E-state index in [-0.39, 0.29) is 5.92 Å². The molecule has 1 N–H and O–H groups in total. The molecular formula is C18H25NO. The second-order valence-electron chi connectivity index (χ2n) is 6.80. The van der Waals surface area contributed by atoms with Crippen molar-refractivity contribution in [2.24, 2.45) is 5.92 Å². The van der Waals surface area contributed by atoms with E-state index in [1.807, 2.05) is 12.1 Å². The largest absolute Gasteiger partial charge is 0.311 e. The number of carbonyl (C=O) groups excluding carboxylic acids is 1. The summed E-state index contributed by atoms with van der Waals surface area (Å²) in [5, 5.41) is 3.66. The van der Waals surface area contributed by atoms with Gasteiger partial charge in [0.05, 0.1) is 0 Å². The summed E-state index contributed by atoms with van der Waals surface area (Å²) >= 11 is 0. The van der Waals surface area contributed by atoms with Gasteiger partial charge in [0.15, 0.2) is 5.78 Å². The van der Waals surface area contributed by atoms with E-state index in [4.69, 9.17) is 0 Å². The van der Waals surface area contributed by atoms with Crippen LogP contribution in [0.3, 0.4) is 0 Å². The molecule has 2 saturated heterocycles. The molecule has 0 saturated carbocycles. The van der Waals surface area contributed by atoms with Crippen LogP contribution in [0, 0.1) is 5.92 Å². The first kappa shape index (κ1) is 13.8. The summed E-state index contributed by atoms with van der Waals surface area (Å²) in [7, 11) is 0. The Kier molecular flexibility index (Phi) is 3.93. The van der Waals surface area contributed by atoms with E-state index in [2.05, 4.69) is 31.3 Å². The van der Waals surface area contributed by atoms with Crippen LogP contribution in [-0.4, -0.2) is 17.9 Å². The molecule has 2 heterocycles. The summed E-state index contributed by atoms with van der Waals surface area (Å²) in [6.07, 6.45) is 5.87. The number of carbonyl (C=O) groups is 1. The zero-order valence-corrected chi connectivity index (χ0v) is 12.6. The highest BCUT2D eigenvalue weighted by Crippen LogP contribution is 2.31. The van der Waals surface area contributed by atoms with E-state index in [1.165, 1.54) is 24.8 Å².